The normalized spacial score (nSPS) is 14.5. The third-order valence-corrected chi connectivity index (χ3v) is 5.67. The lowest BCUT2D eigenvalue weighted by molar-refractivity contribution is -0.135. The summed E-state index contributed by atoms with van der Waals surface area (Å²) >= 11 is 0. The molecule has 1 aliphatic heterocycles. The maximum atomic E-state index is 12.4. The van der Waals surface area contributed by atoms with Gasteiger partial charge in [-0.25, -0.2) is 0 Å². The highest BCUT2D eigenvalue weighted by Crippen LogP contribution is 2.24. The van der Waals surface area contributed by atoms with Crippen LogP contribution in [0.25, 0.3) is 10.9 Å². The SMILES string of the molecule is Cc1ccccc1Cn1cc(CCCC(=O)N2CCOCC2)c2ccccc21. The van der Waals surface area contributed by atoms with Crippen molar-refractivity contribution in [2.75, 3.05) is 26.3 Å². The van der Waals surface area contributed by atoms with Crippen LogP contribution in [0.1, 0.15) is 29.5 Å². The number of aryl methyl sites for hydroxylation is 2. The molecule has 1 fully saturated rings. The Morgan fingerprint density at radius 2 is 1.75 bits per heavy atom. The largest absolute Gasteiger partial charge is 0.378 e. The molecule has 0 radical (unpaired) electrons. The van der Waals surface area contributed by atoms with Crippen molar-refractivity contribution in [2.45, 2.75) is 32.7 Å². The van der Waals surface area contributed by atoms with Crippen molar-refractivity contribution in [3.8, 4) is 0 Å². The predicted octanol–water partition coefficient (Wildman–Crippen LogP) is 4.18. The average molecular weight is 377 g/mol. The number of rotatable bonds is 6. The number of nitrogens with zero attached hydrogens (tertiary/aromatic N) is 2. The van der Waals surface area contributed by atoms with E-state index in [-0.39, 0.29) is 5.91 Å². The minimum atomic E-state index is 0.256. The molecule has 2 heterocycles. The zero-order chi connectivity index (χ0) is 19.3. The molecule has 4 rings (SSSR count). The quantitative estimate of drug-likeness (QED) is 0.647. The van der Waals surface area contributed by atoms with Gasteiger partial charge >= 0.3 is 0 Å². The van der Waals surface area contributed by atoms with Crippen LogP contribution in [-0.2, 0) is 22.5 Å². The Balaban J connectivity index is 1.47. The molecule has 0 N–H and O–H groups in total. The summed E-state index contributed by atoms with van der Waals surface area (Å²) in [6, 6.07) is 17.1. The minimum Gasteiger partial charge on any atom is -0.378 e. The molecule has 1 amide bonds. The zero-order valence-corrected chi connectivity index (χ0v) is 16.6. The zero-order valence-electron chi connectivity index (χ0n) is 16.6. The molecular weight excluding hydrogens is 348 g/mol. The van der Waals surface area contributed by atoms with Gasteiger partial charge < -0.3 is 14.2 Å². The van der Waals surface area contributed by atoms with Crippen LogP contribution in [0.15, 0.2) is 54.7 Å². The molecule has 3 aromatic rings. The van der Waals surface area contributed by atoms with E-state index >= 15 is 0 Å². The number of amides is 1. The van der Waals surface area contributed by atoms with Gasteiger partial charge in [0, 0.05) is 43.2 Å². The van der Waals surface area contributed by atoms with E-state index in [1.54, 1.807) is 0 Å². The van der Waals surface area contributed by atoms with E-state index in [2.05, 4.69) is 66.2 Å². The van der Waals surface area contributed by atoms with Crippen LogP contribution < -0.4 is 0 Å². The summed E-state index contributed by atoms with van der Waals surface area (Å²) in [5.74, 6) is 0.256. The van der Waals surface area contributed by atoms with Crippen molar-refractivity contribution in [1.82, 2.24) is 9.47 Å². The van der Waals surface area contributed by atoms with E-state index < -0.39 is 0 Å². The third kappa shape index (κ3) is 4.12. The average Bonchev–Trinajstić information content (AvgIpc) is 3.08. The Kier molecular flexibility index (Phi) is 5.77. The summed E-state index contributed by atoms with van der Waals surface area (Å²) in [5.41, 5.74) is 5.26. The van der Waals surface area contributed by atoms with E-state index in [1.807, 2.05) is 4.90 Å². The molecule has 2 aromatic carbocycles. The number of benzene rings is 2. The molecule has 4 heteroatoms. The fraction of sp³-hybridized carbons (Fsp3) is 0.375. The Labute approximate surface area is 166 Å². The number of hydrogen-bond donors (Lipinski definition) is 0. The van der Waals surface area contributed by atoms with Crippen molar-refractivity contribution in [3.05, 3.63) is 71.4 Å². The van der Waals surface area contributed by atoms with Gasteiger partial charge in [-0.3, -0.25) is 4.79 Å². The molecule has 0 atom stereocenters. The van der Waals surface area contributed by atoms with Crippen molar-refractivity contribution in [3.63, 3.8) is 0 Å². The van der Waals surface area contributed by atoms with Gasteiger partial charge in [-0.2, -0.15) is 0 Å². The topological polar surface area (TPSA) is 34.5 Å². The first-order valence-corrected chi connectivity index (χ1v) is 10.2. The summed E-state index contributed by atoms with van der Waals surface area (Å²) in [7, 11) is 0. The van der Waals surface area contributed by atoms with Gasteiger partial charge in [-0.1, -0.05) is 42.5 Å². The molecule has 0 spiro atoms. The maximum Gasteiger partial charge on any atom is 0.222 e. The molecule has 146 valence electrons. The maximum absolute atomic E-state index is 12.4. The third-order valence-electron chi connectivity index (χ3n) is 5.67. The molecule has 1 saturated heterocycles. The number of aromatic nitrogens is 1. The highest BCUT2D eigenvalue weighted by atomic mass is 16.5. The lowest BCUT2D eigenvalue weighted by Crippen LogP contribution is -2.40. The molecular formula is C24H28N2O2. The van der Waals surface area contributed by atoms with Crippen LogP contribution in [0.3, 0.4) is 0 Å². The fourth-order valence-electron chi connectivity index (χ4n) is 4.02. The summed E-state index contributed by atoms with van der Waals surface area (Å²) in [4.78, 5) is 14.3. The smallest absolute Gasteiger partial charge is 0.222 e. The van der Waals surface area contributed by atoms with Gasteiger partial charge in [-0.05, 0) is 42.5 Å². The van der Waals surface area contributed by atoms with Gasteiger partial charge in [0.25, 0.3) is 0 Å². The second kappa shape index (κ2) is 8.61. The van der Waals surface area contributed by atoms with Crippen LogP contribution in [0.4, 0.5) is 0 Å². The predicted molar refractivity (Wildman–Crippen MR) is 113 cm³/mol. The molecule has 0 unspecified atom stereocenters. The number of para-hydroxylation sites is 1. The number of carbonyl (C=O) groups is 1. The van der Waals surface area contributed by atoms with Gasteiger partial charge in [0.05, 0.1) is 13.2 Å². The van der Waals surface area contributed by atoms with Gasteiger partial charge in [-0.15, -0.1) is 0 Å². The first kappa shape index (κ1) is 18.8. The lowest BCUT2D eigenvalue weighted by atomic mass is 10.1. The van der Waals surface area contributed by atoms with E-state index in [4.69, 9.17) is 4.74 Å². The Bertz CT molecular complexity index is 954. The number of carbonyl (C=O) groups excluding carboxylic acids is 1. The molecule has 28 heavy (non-hydrogen) atoms. The Morgan fingerprint density at radius 1 is 1.00 bits per heavy atom. The number of hydrogen-bond acceptors (Lipinski definition) is 2. The fourth-order valence-corrected chi connectivity index (χ4v) is 4.02. The number of ether oxygens (including phenoxy) is 1. The van der Waals surface area contributed by atoms with Crippen molar-refractivity contribution < 1.29 is 9.53 Å². The highest BCUT2D eigenvalue weighted by Gasteiger charge is 2.17. The molecule has 0 bridgehead atoms. The van der Waals surface area contributed by atoms with Crippen molar-refractivity contribution in [2.24, 2.45) is 0 Å². The molecule has 0 saturated carbocycles. The van der Waals surface area contributed by atoms with Crippen LogP contribution in [0.2, 0.25) is 0 Å². The Hall–Kier alpha value is -2.59. The van der Waals surface area contributed by atoms with Gasteiger partial charge in [0.2, 0.25) is 5.91 Å². The van der Waals surface area contributed by atoms with E-state index in [9.17, 15) is 4.79 Å². The van der Waals surface area contributed by atoms with E-state index in [1.165, 1.54) is 27.6 Å². The summed E-state index contributed by atoms with van der Waals surface area (Å²) in [5, 5.41) is 1.30. The number of fused-ring (bicyclic) bond motifs is 1. The first-order chi connectivity index (χ1) is 13.7. The monoisotopic (exact) mass is 376 g/mol. The van der Waals surface area contributed by atoms with Crippen LogP contribution >= 0.6 is 0 Å². The second-order valence-corrected chi connectivity index (χ2v) is 7.57. The van der Waals surface area contributed by atoms with Crippen molar-refractivity contribution >= 4 is 16.8 Å². The first-order valence-electron chi connectivity index (χ1n) is 10.2. The summed E-state index contributed by atoms with van der Waals surface area (Å²) < 4.78 is 7.68. The van der Waals surface area contributed by atoms with E-state index in [0.29, 0.717) is 19.6 Å². The van der Waals surface area contributed by atoms with Gasteiger partial charge in [0.1, 0.15) is 0 Å². The van der Waals surface area contributed by atoms with Crippen LogP contribution in [0, 0.1) is 6.92 Å². The number of morpholine rings is 1. The highest BCUT2D eigenvalue weighted by molar-refractivity contribution is 5.84. The Morgan fingerprint density at radius 3 is 2.57 bits per heavy atom. The van der Waals surface area contributed by atoms with Crippen molar-refractivity contribution in [1.29, 1.82) is 0 Å². The molecule has 4 nitrogen and oxygen atoms in total. The summed E-state index contributed by atoms with van der Waals surface area (Å²) in [6.45, 7) is 5.83. The lowest BCUT2D eigenvalue weighted by Gasteiger charge is -2.26. The standard InChI is InChI=1S/C24H28N2O2/c1-19-7-2-3-8-20(19)17-26-18-21(22-10-4-5-11-23(22)26)9-6-12-24(27)25-13-15-28-16-14-25/h2-5,7-8,10-11,18H,6,9,12-17H2,1H3. The van der Waals surface area contributed by atoms with E-state index in [0.717, 1.165) is 32.5 Å². The van der Waals surface area contributed by atoms with Gasteiger partial charge in [0.15, 0.2) is 0 Å². The molecule has 0 aliphatic carbocycles. The molecule has 1 aliphatic rings. The van der Waals surface area contributed by atoms with Crippen LogP contribution in [0.5, 0.6) is 0 Å². The molecule has 1 aromatic heterocycles. The minimum absolute atomic E-state index is 0.256. The second-order valence-electron chi connectivity index (χ2n) is 7.57. The summed E-state index contributed by atoms with van der Waals surface area (Å²) in [6.07, 6.45) is 4.69. The van der Waals surface area contributed by atoms with Crippen LogP contribution in [-0.4, -0.2) is 41.7 Å².